The van der Waals surface area contributed by atoms with E-state index in [0.29, 0.717) is 52.6 Å². The molecule has 3 N–H and O–H groups in total. The van der Waals surface area contributed by atoms with Gasteiger partial charge in [-0.05, 0) is 53.1 Å². The molecule has 0 radical (unpaired) electrons. The molecule has 1 aliphatic heterocycles. The van der Waals surface area contributed by atoms with Gasteiger partial charge in [-0.1, -0.05) is 93.9 Å². The van der Waals surface area contributed by atoms with Crippen molar-refractivity contribution >= 4 is 75.4 Å². The number of ether oxygens (including phenoxy) is 4. The van der Waals surface area contributed by atoms with Crippen LogP contribution in [-0.4, -0.2) is 34.6 Å². The van der Waals surface area contributed by atoms with Gasteiger partial charge in [-0.25, -0.2) is 0 Å². The third-order valence-electron chi connectivity index (χ3n) is 7.29. The van der Waals surface area contributed by atoms with E-state index in [9.17, 15) is 0 Å². The molecule has 0 bridgehead atoms. The largest absolute Gasteiger partial charge is 0.384 e. The summed E-state index contributed by atoms with van der Waals surface area (Å²) in [6, 6.07) is 15.6. The predicted molar refractivity (Wildman–Crippen MR) is 176 cm³/mol. The van der Waals surface area contributed by atoms with Crippen LogP contribution in [0.3, 0.4) is 0 Å². The Bertz CT molecular complexity index is 1640. The average molecular weight is 718 g/mol. The minimum Gasteiger partial charge on any atom is -0.384 e. The summed E-state index contributed by atoms with van der Waals surface area (Å²) in [5.74, 6) is 0.309. The van der Waals surface area contributed by atoms with Crippen molar-refractivity contribution in [2.45, 2.75) is 43.7 Å². The molecule has 232 valence electrons. The number of hydrogen-bond acceptors (Lipinski definition) is 6. The first kappa shape index (κ1) is 33.4. The molecule has 0 spiro atoms. The highest BCUT2D eigenvalue weighted by Crippen LogP contribution is 2.49. The van der Waals surface area contributed by atoms with Crippen LogP contribution >= 0.6 is 69.6 Å². The summed E-state index contributed by atoms with van der Waals surface area (Å²) in [6.45, 7) is 4.64. The Morgan fingerprint density at radius 3 is 1.89 bits per heavy atom. The third-order valence-corrected chi connectivity index (χ3v) is 9.05. The molecule has 1 unspecified atom stereocenters. The number of aromatic amines is 1. The van der Waals surface area contributed by atoms with Crippen LogP contribution in [0.25, 0.3) is 0 Å². The summed E-state index contributed by atoms with van der Waals surface area (Å²) < 4.78 is 26.0. The van der Waals surface area contributed by atoms with Crippen molar-refractivity contribution in [2.75, 3.05) is 12.3 Å². The molecule has 1 fully saturated rings. The van der Waals surface area contributed by atoms with Gasteiger partial charge in [-0.3, -0.25) is 5.10 Å². The van der Waals surface area contributed by atoms with Gasteiger partial charge in [0.2, 0.25) is 0 Å². The number of anilines is 1. The fraction of sp³-hybridized carbons (Fsp3) is 0.258. The van der Waals surface area contributed by atoms with Crippen LogP contribution in [0.1, 0.15) is 28.4 Å². The van der Waals surface area contributed by atoms with Gasteiger partial charge in [0.1, 0.15) is 29.7 Å². The Balaban J connectivity index is 1.48. The standard InChI is InChI=1S/C31H27Cl6N3O4/c1-2-31(43-15-19-5-8-22(34)11-26(19)37)28(23-12-39-40-30(23)38)44-27(16-41-13-17-3-6-20(32)9-24(17)35)29(31)42-14-18-4-7-21(33)10-25(18)36/h2-12,27-29H,1,13-16H2,(H3,38,39,40)/t27-,28?,29-,31+/m1/s1. The van der Waals surface area contributed by atoms with Crippen LogP contribution in [0.4, 0.5) is 5.82 Å². The molecule has 3 aromatic carbocycles. The normalized spacial score (nSPS) is 21.5. The molecule has 0 amide bonds. The summed E-state index contributed by atoms with van der Waals surface area (Å²) in [6.07, 6.45) is 1.02. The molecule has 44 heavy (non-hydrogen) atoms. The Hall–Kier alpha value is -2.01. The maximum Gasteiger partial charge on any atom is 0.145 e. The van der Waals surface area contributed by atoms with E-state index in [2.05, 4.69) is 16.8 Å². The molecule has 7 nitrogen and oxygen atoms in total. The molecular weight excluding hydrogens is 691 g/mol. The van der Waals surface area contributed by atoms with Gasteiger partial charge in [-0.2, -0.15) is 5.10 Å². The average Bonchev–Trinajstić information content (AvgIpc) is 3.53. The van der Waals surface area contributed by atoms with Crippen LogP contribution in [0, 0.1) is 0 Å². The molecule has 1 saturated heterocycles. The van der Waals surface area contributed by atoms with Gasteiger partial charge in [0, 0.05) is 35.7 Å². The molecule has 5 rings (SSSR count). The number of nitrogens with one attached hydrogen (secondary N) is 1. The fourth-order valence-electron chi connectivity index (χ4n) is 5.01. The number of hydrogen-bond donors (Lipinski definition) is 2. The summed E-state index contributed by atoms with van der Waals surface area (Å²) in [4.78, 5) is 0. The van der Waals surface area contributed by atoms with Crippen molar-refractivity contribution in [3.63, 3.8) is 0 Å². The number of nitrogen functional groups attached to an aromatic ring is 1. The zero-order valence-electron chi connectivity index (χ0n) is 23.0. The van der Waals surface area contributed by atoms with E-state index in [1.165, 1.54) is 0 Å². The smallest absolute Gasteiger partial charge is 0.145 e. The van der Waals surface area contributed by atoms with E-state index in [1.54, 1.807) is 66.9 Å². The van der Waals surface area contributed by atoms with Crippen LogP contribution in [0.5, 0.6) is 0 Å². The Kier molecular flexibility index (Phi) is 11.1. The first-order valence-electron chi connectivity index (χ1n) is 13.3. The number of benzene rings is 3. The topological polar surface area (TPSA) is 91.6 Å². The lowest BCUT2D eigenvalue weighted by atomic mass is 9.87. The SMILES string of the molecule is C=C[C@]1(OCc2ccc(Cl)cc2Cl)C(c2cn[nH]c2N)O[C@H](COCc2ccc(Cl)cc2Cl)[C@H]1OCc1ccc(Cl)cc1Cl. The van der Waals surface area contributed by atoms with E-state index >= 15 is 0 Å². The lowest BCUT2D eigenvalue weighted by molar-refractivity contribution is -0.129. The van der Waals surface area contributed by atoms with Gasteiger partial charge in [0.25, 0.3) is 0 Å². The number of nitrogens with two attached hydrogens (primary N) is 1. The highest BCUT2D eigenvalue weighted by Gasteiger charge is 2.58. The van der Waals surface area contributed by atoms with Crippen LogP contribution < -0.4 is 5.73 Å². The minimum atomic E-state index is -1.29. The first-order valence-corrected chi connectivity index (χ1v) is 15.6. The molecule has 4 atom stereocenters. The second kappa shape index (κ2) is 14.6. The summed E-state index contributed by atoms with van der Waals surface area (Å²) in [5.41, 5.74) is 7.75. The van der Waals surface area contributed by atoms with E-state index in [0.717, 1.165) is 5.56 Å². The van der Waals surface area contributed by atoms with Gasteiger partial charge in [-0.15, -0.1) is 6.58 Å². The number of rotatable bonds is 12. The number of H-pyrrole nitrogens is 1. The van der Waals surface area contributed by atoms with Crippen molar-refractivity contribution in [3.8, 4) is 0 Å². The monoisotopic (exact) mass is 715 g/mol. The highest BCUT2D eigenvalue weighted by molar-refractivity contribution is 6.36. The van der Waals surface area contributed by atoms with E-state index in [-0.39, 0.29) is 26.4 Å². The van der Waals surface area contributed by atoms with Crippen molar-refractivity contribution in [1.29, 1.82) is 0 Å². The van der Waals surface area contributed by atoms with Crippen LogP contribution in [-0.2, 0) is 38.8 Å². The Morgan fingerprint density at radius 2 is 1.39 bits per heavy atom. The molecule has 1 aromatic heterocycles. The van der Waals surface area contributed by atoms with E-state index < -0.39 is 23.9 Å². The second-order valence-corrected chi connectivity index (χ2v) is 12.6. The zero-order valence-corrected chi connectivity index (χ0v) is 27.6. The van der Waals surface area contributed by atoms with Crippen molar-refractivity contribution in [3.05, 3.63) is 126 Å². The summed E-state index contributed by atoms with van der Waals surface area (Å²) >= 11 is 37.7. The maximum absolute atomic E-state index is 6.68. The molecule has 0 saturated carbocycles. The van der Waals surface area contributed by atoms with E-state index in [4.69, 9.17) is 94.3 Å². The lowest BCUT2D eigenvalue weighted by Gasteiger charge is -2.36. The van der Waals surface area contributed by atoms with Gasteiger partial charge in [0.15, 0.2) is 0 Å². The molecule has 2 heterocycles. The number of nitrogens with zero attached hydrogens (tertiary/aromatic N) is 1. The second-order valence-electron chi connectivity index (χ2n) is 10.1. The van der Waals surface area contributed by atoms with Crippen LogP contribution in [0.15, 0.2) is 73.4 Å². The number of aromatic nitrogens is 2. The quantitative estimate of drug-likeness (QED) is 0.142. The van der Waals surface area contributed by atoms with Gasteiger partial charge >= 0.3 is 0 Å². The van der Waals surface area contributed by atoms with Crippen molar-refractivity contribution in [1.82, 2.24) is 10.2 Å². The molecule has 0 aliphatic carbocycles. The fourth-order valence-corrected chi connectivity index (χ4v) is 6.40. The van der Waals surface area contributed by atoms with E-state index in [1.807, 2.05) is 0 Å². The van der Waals surface area contributed by atoms with Gasteiger partial charge in [0.05, 0.1) is 32.6 Å². The third kappa shape index (κ3) is 7.34. The predicted octanol–water partition coefficient (Wildman–Crippen LogP) is 9.30. The Morgan fingerprint density at radius 1 is 0.841 bits per heavy atom. The highest BCUT2D eigenvalue weighted by atomic mass is 35.5. The Labute approximate surface area is 285 Å². The van der Waals surface area contributed by atoms with Crippen molar-refractivity contribution < 1.29 is 18.9 Å². The van der Waals surface area contributed by atoms with Gasteiger partial charge < -0.3 is 24.7 Å². The molecule has 13 heteroatoms. The summed E-state index contributed by atoms with van der Waals surface area (Å²) in [7, 11) is 0. The minimum absolute atomic E-state index is 0.0785. The van der Waals surface area contributed by atoms with Crippen LogP contribution in [0.2, 0.25) is 30.1 Å². The molecule has 4 aromatic rings. The first-order chi connectivity index (χ1) is 21.1. The molecular formula is C31H27Cl6N3O4. The summed E-state index contributed by atoms with van der Waals surface area (Å²) in [5, 5.41) is 9.80. The molecule has 1 aliphatic rings. The van der Waals surface area contributed by atoms with Crippen molar-refractivity contribution in [2.24, 2.45) is 0 Å². The zero-order chi connectivity index (χ0) is 31.4. The number of halogens is 6. The lowest BCUT2D eigenvalue weighted by Crippen LogP contribution is -2.48. The maximum atomic E-state index is 6.68.